The van der Waals surface area contributed by atoms with Gasteiger partial charge in [-0.1, -0.05) is 42.5 Å². The minimum absolute atomic E-state index is 0.150. The number of aromatic nitrogens is 4. The molecule has 0 saturated carbocycles. The zero-order valence-corrected chi connectivity index (χ0v) is 16.4. The van der Waals surface area contributed by atoms with Crippen LogP contribution in [0, 0.1) is 0 Å². The summed E-state index contributed by atoms with van der Waals surface area (Å²) in [5.41, 5.74) is 3.15. The number of carbonyl (C=O) groups excluding carboxylic acids is 1. The maximum atomic E-state index is 13.2. The first-order valence-corrected chi connectivity index (χ1v) is 9.73. The molecule has 0 aliphatic rings. The lowest BCUT2D eigenvalue weighted by molar-refractivity contribution is 0.0941. The Morgan fingerprint density at radius 1 is 1.00 bits per heavy atom. The number of benzene rings is 3. The summed E-state index contributed by atoms with van der Waals surface area (Å²) in [5.74, 6) is -0.150. The van der Waals surface area contributed by atoms with E-state index in [1.807, 2.05) is 67.6 Å². The van der Waals surface area contributed by atoms with Crippen molar-refractivity contribution in [3.8, 4) is 5.69 Å². The van der Waals surface area contributed by atoms with Gasteiger partial charge in [-0.2, -0.15) is 5.10 Å². The second-order valence-corrected chi connectivity index (χ2v) is 7.18. The Morgan fingerprint density at radius 3 is 2.73 bits per heavy atom. The first-order valence-electron chi connectivity index (χ1n) is 9.73. The molecule has 0 radical (unpaired) electrons. The Morgan fingerprint density at radius 2 is 1.87 bits per heavy atom. The second kappa shape index (κ2) is 7.40. The Hall–Kier alpha value is -4.06. The third-order valence-corrected chi connectivity index (χ3v) is 5.26. The van der Waals surface area contributed by atoms with E-state index in [-0.39, 0.29) is 11.9 Å². The molecular formula is C24H19N5O. The monoisotopic (exact) mass is 393 g/mol. The van der Waals surface area contributed by atoms with Crippen molar-refractivity contribution in [3.05, 3.63) is 96.7 Å². The van der Waals surface area contributed by atoms with Gasteiger partial charge in [-0.15, -0.1) is 0 Å². The van der Waals surface area contributed by atoms with Gasteiger partial charge in [0.2, 0.25) is 0 Å². The van der Waals surface area contributed by atoms with Crippen LogP contribution in [0.1, 0.15) is 28.9 Å². The number of nitrogens with zero attached hydrogens (tertiary/aromatic N) is 4. The highest BCUT2D eigenvalue weighted by atomic mass is 16.1. The third-order valence-electron chi connectivity index (χ3n) is 5.26. The number of amides is 1. The summed E-state index contributed by atoms with van der Waals surface area (Å²) in [6, 6.07) is 21.6. The summed E-state index contributed by atoms with van der Waals surface area (Å²) in [6.07, 6.45) is 4.86. The van der Waals surface area contributed by atoms with Gasteiger partial charge in [0.25, 0.3) is 5.91 Å². The van der Waals surface area contributed by atoms with Crippen LogP contribution < -0.4 is 5.32 Å². The fourth-order valence-corrected chi connectivity index (χ4v) is 3.74. The molecule has 0 saturated heterocycles. The van der Waals surface area contributed by atoms with Crippen molar-refractivity contribution in [2.75, 3.05) is 0 Å². The lowest BCUT2D eigenvalue weighted by Gasteiger charge is -2.16. The zero-order valence-electron chi connectivity index (χ0n) is 16.4. The van der Waals surface area contributed by atoms with E-state index in [0.29, 0.717) is 11.1 Å². The SMILES string of the molecule is C[C@@H](NC(=O)c1cc2ccccc2c2cccnc12)c1cccc(-n2cncn2)c1. The van der Waals surface area contributed by atoms with Gasteiger partial charge in [0, 0.05) is 11.6 Å². The van der Waals surface area contributed by atoms with Crippen LogP contribution in [0.15, 0.2) is 85.6 Å². The van der Waals surface area contributed by atoms with Crippen LogP contribution in [0.5, 0.6) is 0 Å². The second-order valence-electron chi connectivity index (χ2n) is 7.18. The average molecular weight is 393 g/mol. The molecule has 0 unspecified atom stereocenters. The van der Waals surface area contributed by atoms with Crippen molar-refractivity contribution in [1.82, 2.24) is 25.1 Å². The zero-order chi connectivity index (χ0) is 20.5. The van der Waals surface area contributed by atoms with Gasteiger partial charge in [0.15, 0.2) is 0 Å². The molecule has 2 aromatic heterocycles. The van der Waals surface area contributed by atoms with Crippen molar-refractivity contribution in [2.24, 2.45) is 0 Å². The lowest BCUT2D eigenvalue weighted by atomic mass is 10.00. The van der Waals surface area contributed by atoms with Crippen LogP contribution >= 0.6 is 0 Å². The Labute approximate surface area is 173 Å². The molecule has 5 aromatic rings. The maximum Gasteiger partial charge on any atom is 0.253 e. The summed E-state index contributed by atoms with van der Waals surface area (Å²) in [5, 5.41) is 10.4. The number of hydrogen-bond donors (Lipinski definition) is 1. The number of nitrogens with one attached hydrogen (secondary N) is 1. The molecule has 1 amide bonds. The molecule has 2 heterocycles. The predicted octanol–water partition coefficient (Wildman–Crippen LogP) is 4.46. The quantitative estimate of drug-likeness (QED) is 0.458. The summed E-state index contributed by atoms with van der Waals surface area (Å²) in [6.45, 7) is 1.97. The molecule has 146 valence electrons. The third kappa shape index (κ3) is 3.18. The summed E-state index contributed by atoms with van der Waals surface area (Å²) in [4.78, 5) is 21.7. The van der Waals surface area contributed by atoms with Crippen molar-refractivity contribution in [3.63, 3.8) is 0 Å². The summed E-state index contributed by atoms with van der Waals surface area (Å²) >= 11 is 0. The normalized spacial score (nSPS) is 12.2. The van der Waals surface area contributed by atoms with Gasteiger partial charge in [0.05, 0.1) is 22.8 Å². The molecule has 1 atom stereocenters. The minimum atomic E-state index is -0.189. The summed E-state index contributed by atoms with van der Waals surface area (Å²) in [7, 11) is 0. The van der Waals surface area contributed by atoms with Crippen LogP contribution in [-0.2, 0) is 0 Å². The van der Waals surface area contributed by atoms with Gasteiger partial charge in [-0.3, -0.25) is 9.78 Å². The predicted molar refractivity (Wildman–Crippen MR) is 116 cm³/mol. The van der Waals surface area contributed by atoms with Crippen molar-refractivity contribution < 1.29 is 4.79 Å². The van der Waals surface area contributed by atoms with E-state index in [4.69, 9.17) is 0 Å². The van der Waals surface area contributed by atoms with Gasteiger partial charge < -0.3 is 5.32 Å². The molecule has 0 fully saturated rings. The average Bonchev–Trinajstić information content (AvgIpc) is 3.33. The fourth-order valence-electron chi connectivity index (χ4n) is 3.74. The molecule has 30 heavy (non-hydrogen) atoms. The topological polar surface area (TPSA) is 72.7 Å². The number of rotatable bonds is 4. The molecule has 3 aromatic carbocycles. The number of fused-ring (bicyclic) bond motifs is 3. The van der Waals surface area contributed by atoms with E-state index in [1.54, 1.807) is 17.2 Å². The highest BCUT2D eigenvalue weighted by molar-refractivity contribution is 6.15. The van der Waals surface area contributed by atoms with E-state index < -0.39 is 0 Å². The lowest BCUT2D eigenvalue weighted by Crippen LogP contribution is -2.27. The molecule has 0 aliphatic carbocycles. The largest absolute Gasteiger partial charge is 0.345 e. The van der Waals surface area contributed by atoms with Crippen LogP contribution in [0.4, 0.5) is 0 Å². The molecule has 5 rings (SSSR count). The molecule has 6 nitrogen and oxygen atoms in total. The maximum absolute atomic E-state index is 13.2. The fraction of sp³-hybridized carbons (Fsp3) is 0.0833. The number of carbonyl (C=O) groups is 1. The molecular weight excluding hydrogens is 374 g/mol. The van der Waals surface area contributed by atoms with Crippen molar-refractivity contribution in [2.45, 2.75) is 13.0 Å². The Bertz CT molecular complexity index is 1360. The van der Waals surface area contributed by atoms with Crippen molar-refractivity contribution >= 4 is 27.6 Å². The van der Waals surface area contributed by atoms with E-state index in [9.17, 15) is 4.79 Å². The van der Waals surface area contributed by atoms with Crippen LogP contribution in [0.3, 0.4) is 0 Å². The molecule has 6 heteroatoms. The van der Waals surface area contributed by atoms with Crippen molar-refractivity contribution in [1.29, 1.82) is 0 Å². The van der Waals surface area contributed by atoms with E-state index in [1.165, 1.54) is 6.33 Å². The molecule has 1 N–H and O–H groups in total. The van der Waals surface area contributed by atoms with Crippen LogP contribution in [0.2, 0.25) is 0 Å². The first-order chi connectivity index (χ1) is 14.7. The van der Waals surface area contributed by atoms with Gasteiger partial charge in [-0.05, 0) is 47.5 Å². The van der Waals surface area contributed by atoms with Gasteiger partial charge >= 0.3 is 0 Å². The summed E-state index contributed by atoms with van der Waals surface area (Å²) < 4.78 is 1.69. The Balaban J connectivity index is 1.49. The van der Waals surface area contributed by atoms with Crippen LogP contribution in [-0.4, -0.2) is 25.7 Å². The first kappa shape index (κ1) is 18.0. The van der Waals surface area contributed by atoms with E-state index in [0.717, 1.165) is 27.4 Å². The molecule has 0 spiro atoms. The number of pyridine rings is 1. The minimum Gasteiger partial charge on any atom is -0.345 e. The standard InChI is InChI=1S/C24H19N5O/c1-16(17-7-4-8-19(12-17)29-15-25-14-27-29)28-24(30)22-13-18-6-2-3-9-20(18)21-10-5-11-26-23(21)22/h2-16H,1H3,(H,28,30)/t16-/m1/s1. The highest BCUT2D eigenvalue weighted by Crippen LogP contribution is 2.28. The molecule has 0 aliphatic heterocycles. The van der Waals surface area contributed by atoms with E-state index in [2.05, 4.69) is 26.4 Å². The molecule has 0 bridgehead atoms. The van der Waals surface area contributed by atoms with E-state index >= 15 is 0 Å². The Kier molecular flexibility index (Phi) is 4.44. The van der Waals surface area contributed by atoms with Gasteiger partial charge in [0.1, 0.15) is 12.7 Å². The number of hydrogen-bond acceptors (Lipinski definition) is 4. The van der Waals surface area contributed by atoms with Crippen LogP contribution in [0.25, 0.3) is 27.4 Å². The highest BCUT2D eigenvalue weighted by Gasteiger charge is 2.17. The van der Waals surface area contributed by atoms with Gasteiger partial charge in [-0.25, -0.2) is 9.67 Å². The smallest absolute Gasteiger partial charge is 0.253 e.